The van der Waals surface area contributed by atoms with Gasteiger partial charge >= 0.3 is 6.09 Å². The van der Waals surface area contributed by atoms with Crippen LogP contribution < -0.4 is 5.32 Å². The minimum absolute atomic E-state index is 0.00105. The molecule has 3 aromatic rings. The number of carbonyl (C=O) groups is 2. The predicted octanol–water partition coefficient (Wildman–Crippen LogP) is 3.17. The summed E-state index contributed by atoms with van der Waals surface area (Å²) < 4.78 is 7.50. The normalized spacial score (nSPS) is 15.7. The zero-order valence-corrected chi connectivity index (χ0v) is 23.0. The molecular formula is C28H37N7O3. The van der Waals surface area contributed by atoms with Crippen LogP contribution in [-0.2, 0) is 11.3 Å². The summed E-state index contributed by atoms with van der Waals surface area (Å²) in [6, 6.07) is 5.84. The van der Waals surface area contributed by atoms with E-state index in [2.05, 4.69) is 26.2 Å². The highest BCUT2D eigenvalue weighted by Crippen LogP contribution is 2.41. The van der Waals surface area contributed by atoms with Gasteiger partial charge in [-0.2, -0.15) is 5.10 Å². The molecule has 0 saturated carbocycles. The van der Waals surface area contributed by atoms with E-state index in [-0.39, 0.29) is 11.9 Å². The van der Waals surface area contributed by atoms with E-state index < -0.39 is 5.60 Å². The van der Waals surface area contributed by atoms with Gasteiger partial charge in [-0.1, -0.05) is 0 Å². The highest BCUT2D eigenvalue weighted by Gasteiger charge is 2.31. The fraction of sp³-hybridized carbons (Fsp3) is 0.500. The summed E-state index contributed by atoms with van der Waals surface area (Å²) in [5, 5.41) is 9.34. The molecule has 1 amide bonds. The molecule has 5 rings (SSSR count). The first-order chi connectivity index (χ1) is 18.1. The van der Waals surface area contributed by atoms with Gasteiger partial charge in [-0.05, 0) is 53.1 Å². The van der Waals surface area contributed by atoms with Crippen LogP contribution in [0.1, 0.15) is 36.7 Å². The fourth-order valence-corrected chi connectivity index (χ4v) is 5.05. The Morgan fingerprint density at radius 1 is 1.08 bits per heavy atom. The van der Waals surface area contributed by atoms with Crippen molar-refractivity contribution >= 4 is 28.5 Å². The van der Waals surface area contributed by atoms with Crippen molar-refractivity contribution in [3.05, 3.63) is 41.7 Å². The molecule has 2 aromatic heterocycles. The van der Waals surface area contributed by atoms with Crippen molar-refractivity contribution in [2.75, 3.05) is 65.2 Å². The van der Waals surface area contributed by atoms with Crippen molar-refractivity contribution in [1.29, 1.82) is 0 Å². The van der Waals surface area contributed by atoms with Crippen molar-refractivity contribution in [2.45, 2.75) is 32.9 Å². The van der Waals surface area contributed by atoms with Gasteiger partial charge in [-0.15, -0.1) is 0 Å². The van der Waals surface area contributed by atoms with E-state index in [1.165, 1.54) is 0 Å². The molecule has 0 atom stereocenters. The van der Waals surface area contributed by atoms with Crippen LogP contribution in [-0.4, -0.2) is 107 Å². The summed E-state index contributed by atoms with van der Waals surface area (Å²) in [6.45, 7) is 11.6. The molecule has 38 heavy (non-hydrogen) atoms. The molecule has 2 aliphatic rings. The van der Waals surface area contributed by atoms with Crippen LogP contribution in [0.15, 0.2) is 30.6 Å². The van der Waals surface area contributed by atoms with E-state index in [1.54, 1.807) is 23.4 Å². The molecule has 1 aliphatic carbocycles. The van der Waals surface area contributed by atoms with Gasteiger partial charge in [0.1, 0.15) is 11.3 Å². The van der Waals surface area contributed by atoms with Gasteiger partial charge in [0.15, 0.2) is 5.78 Å². The number of amides is 1. The van der Waals surface area contributed by atoms with Crippen LogP contribution >= 0.6 is 0 Å². The van der Waals surface area contributed by atoms with Gasteiger partial charge < -0.3 is 19.9 Å². The molecule has 1 saturated heterocycles. The smallest absolute Gasteiger partial charge is 0.410 e. The number of carbonyl (C=O) groups excluding carboxylic acids is 2. The van der Waals surface area contributed by atoms with Crippen LogP contribution in [0.4, 0.5) is 10.5 Å². The number of nitrogens with zero attached hydrogens (tertiary/aromatic N) is 6. The monoisotopic (exact) mass is 519 g/mol. The third-order valence-corrected chi connectivity index (χ3v) is 6.99. The maximum absolute atomic E-state index is 13.7. The van der Waals surface area contributed by atoms with E-state index in [1.807, 2.05) is 45.6 Å². The lowest BCUT2D eigenvalue weighted by atomic mass is 9.87. The maximum atomic E-state index is 13.7. The minimum Gasteiger partial charge on any atom is -0.444 e. The summed E-state index contributed by atoms with van der Waals surface area (Å²) in [5.74, 6) is 0.00105. The number of rotatable bonds is 7. The number of fused-ring (bicyclic) bond motifs is 2. The first-order valence-corrected chi connectivity index (χ1v) is 13.2. The number of nitrogens with one attached hydrogen (secondary N) is 1. The average molecular weight is 520 g/mol. The molecule has 1 aromatic carbocycles. The van der Waals surface area contributed by atoms with E-state index in [9.17, 15) is 9.59 Å². The zero-order valence-electron chi connectivity index (χ0n) is 23.0. The highest BCUT2D eigenvalue weighted by molar-refractivity contribution is 6.27. The lowest BCUT2D eigenvalue weighted by Crippen LogP contribution is -2.50. The van der Waals surface area contributed by atoms with Crippen LogP contribution in [0.3, 0.4) is 0 Å². The number of benzene rings is 1. The third kappa shape index (κ3) is 5.23. The van der Waals surface area contributed by atoms with Crippen LogP contribution in [0.2, 0.25) is 0 Å². The quantitative estimate of drug-likeness (QED) is 0.398. The van der Waals surface area contributed by atoms with Gasteiger partial charge in [0.2, 0.25) is 0 Å². The Hall–Kier alpha value is -3.50. The van der Waals surface area contributed by atoms with Gasteiger partial charge in [0.05, 0.1) is 17.6 Å². The molecular weight excluding hydrogens is 482 g/mol. The standard InChI is InChI=1S/C28H37N7O3/c1-28(2,3)38-27(37)34-15-13-33(14-16-34)11-10-30-21-6-7-22-24-23(21)26(36)19-8-9-29-18-20(19)25(24)31-35(22)17-12-32(4)5/h6-9,18,30H,10-17H2,1-5H3. The maximum Gasteiger partial charge on any atom is 0.410 e. The second-order valence-electron chi connectivity index (χ2n) is 11.2. The number of anilines is 1. The molecule has 0 unspecified atom stereocenters. The molecule has 1 aliphatic heterocycles. The lowest BCUT2D eigenvalue weighted by Gasteiger charge is -2.35. The fourth-order valence-electron chi connectivity index (χ4n) is 5.05. The summed E-state index contributed by atoms with van der Waals surface area (Å²) in [6.07, 6.45) is 3.15. The number of ether oxygens (including phenoxy) is 1. The molecule has 0 bridgehead atoms. The molecule has 0 spiro atoms. The Balaban J connectivity index is 1.31. The Bertz CT molecular complexity index is 1350. The van der Waals surface area contributed by atoms with Crippen molar-refractivity contribution in [1.82, 2.24) is 29.5 Å². The highest BCUT2D eigenvalue weighted by atomic mass is 16.6. The van der Waals surface area contributed by atoms with Crippen LogP contribution in [0, 0.1) is 0 Å². The number of aromatic nitrogens is 3. The van der Waals surface area contributed by atoms with Crippen molar-refractivity contribution in [3.8, 4) is 11.3 Å². The van der Waals surface area contributed by atoms with Gasteiger partial charge in [-0.3, -0.25) is 19.4 Å². The van der Waals surface area contributed by atoms with Gasteiger partial charge in [0, 0.05) is 80.4 Å². The molecule has 1 N–H and O–H groups in total. The third-order valence-electron chi connectivity index (χ3n) is 6.99. The second kappa shape index (κ2) is 10.3. The van der Waals surface area contributed by atoms with Crippen molar-refractivity contribution < 1.29 is 14.3 Å². The Kier molecular flexibility index (Phi) is 7.11. The van der Waals surface area contributed by atoms with E-state index in [4.69, 9.17) is 9.84 Å². The number of hydrogen-bond donors (Lipinski definition) is 1. The largest absolute Gasteiger partial charge is 0.444 e. The summed E-state index contributed by atoms with van der Waals surface area (Å²) in [4.78, 5) is 36.5. The van der Waals surface area contributed by atoms with Gasteiger partial charge in [-0.25, -0.2) is 4.79 Å². The van der Waals surface area contributed by atoms with Gasteiger partial charge in [0.25, 0.3) is 0 Å². The number of piperazine rings is 1. The number of pyridine rings is 1. The molecule has 10 nitrogen and oxygen atoms in total. The van der Waals surface area contributed by atoms with Crippen LogP contribution in [0.5, 0.6) is 0 Å². The first-order valence-electron chi connectivity index (χ1n) is 13.2. The molecule has 1 fully saturated rings. The number of hydrogen-bond acceptors (Lipinski definition) is 8. The Morgan fingerprint density at radius 2 is 1.84 bits per heavy atom. The van der Waals surface area contributed by atoms with E-state index in [0.29, 0.717) is 30.8 Å². The summed E-state index contributed by atoms with van der Waals surface area (Å²) in [5.41, 5.74) is 4.23. The van der Waals surface area contributed by atoms with E-state index in [0.717, 1.165) is 60.6 Å². The average Bonchev–Trinajstić information content (AvgIpc) is 3.25. The predicted molar refractivity (Wildman–Crippen MR) is 148 cm³/mol. The molecule has 10 heteroatoms. The number of ketones is 1. The second-order valence-corrected chi connectivity index (χ2v) is 11.2. The zero-order chi connectivity index (χ0) is 27.0. The first kappa shape index (κ1) is 26.1. The Labute approximate surface area is 223 Å². The minimum atomic E-state index is -0.489. The summed E-state index contributed by atoms with van der Waals surface area (Å²) >= 11 is 0. The van der Waals surface area contributed by atoms with Crippen molar-refractivity contribution in [3.63, 3.8) is 0 Å². The molecule has 202 valence electrons. The number of likely N-dealkylation sites (N-methyl/N-ethyl adjacent to an activating group) is 1. The summed E-state index contributed by atoms with van der Waals surface area (Å²) in [7, 11) is 4.08. The van der Waals surface area contributed by atoms with Crippen molar-refractivity contribution in [2.24, 2.45) is 0 Å². The SMILES string of the molecule is CN(C)CCn1nc2c3c(c(NCCN4CCN(C(=O)OC(C)(C)C)CC4)ccc31)C(=O)c1ccncc1-2. The molecule has 3 heterocycles. The lowest BCUT2D eigenvalue weighted by molar-refractivity contribution is 0.0148. The Morgan fingerprint density at radius 3 is 2.55 bits per heavy atom. The molecule has 0 radical (unpaired) electrons. The topological polar surface area (TPSA) is 95.8 Å². The van der Waals surface area contributed by atoms with Crippen LogP contribution in [0.25, 0.3) is 22.2 Å². The van der Waals surface area contributed by atoms with E-state index >= 15 is 0 Å².